The van der Waals surface area contributed by atoms with Crippen molar-refractivity contribution >= 4 is 23.1 Å². The van der Waals surface area contributed by atoms with E-state index in [0.29, 0.717) is 0 Å². The van der Waals surface area contributed by atoms with Crippen molar-refractivity contribution in [2.75, 3.05) is 0 Å². The molecule has 0 aliphatic rings. The van der Waals surface area contributed by atoms with Gasteiger partial charge in [-0.1, -0.05) is 9.85 Å². The molecule has 118 valence electrons. The van der Waals surface area contributed by atoms with E-state index in [1.807, 2.05) is 0 Å². The summed E-state index contributed by atoms with van der Waals surface area (Å²) >= 11 is 0. The molecule has 4 N–H and O–H groups in total. The van der Waals surface area contributed by atoms with Gasteiger partial charge in [0.15, 0.2) is 12.1 Å². The average molecular weight is 351 g/mol. The molecular formula is C10H16CoN2O8+5. The van der Waals surface area contributed by atoms with E-state index in [1.54, 1.807) is 0 Å². The number of nitrogens with zero attached hydrogens (tertiary/aromatic N) is 2. The van der Waals surface area contributed by atoms with Crippen molar-refractivity contribution in [2.45, 2.75) is 27.7 Å². The number of nitro groups is 2. The van der Waals surface area contributed by atoms with Gasteiger partial charge in [0, 0.05) is 27.7 Å². The Morgan fingerprint density at radius 3 is 0.857 bits per heavy atom. The third-order valence-electron chi connectivity index (χ3n) is 1.74. The summed E-state index contributed by atoms with van der Waals surface area (Å²) < 4.78 is 0. The fourth-order valence-corrected chi connectivity index (χ4v) is 1.05. The number of hydrogen-bond donors (Lipinski definition) is 0. The Bertz CT molecular complexity index is 353. The first-order valence-electron chi connectivity index (χ1n) is 5.07. The summed E-state index contributed by atoms with van der Waals surface area (Å²) in [6.07, 6.45) is 0. The van der Waals surface area contributed by atoms with Gasteiger partial charge in [0.1, 0.15) is 0 Å². The topological polar surface area (TPSA) is 172 Å². The van der Waals surface area contributed by atoms with Gasteiger partial charge in [0.25, 0.3) is 0 Å². The van der Waals surface area contributed by atoms with Gasteiger partial charge in [-0.25, -0.2) is 0 Å². The molecule has 0 radical (unpaired) electrons. The number of ketones is 4. The first-order chi connectivity index (χ1) is 8.93. The summed E-state index contributed by atoms with van der Waals surface area (Å²) in [4.78, 5) is 52.7. The van der Waals surface area contributed by atoms with E-state index in [-0.39, 0.29) is 16.8 Å². The van der Waals surface area contributed by atoms with E-state index in [0.717, 1.165) is 27.7 Å². The van der Waals surface area contributed by atoms with Crippen LogP contribution < -0.4 is 0 Å². The fourth-order valence-electron chi connectivity index (χ4n) is 1.05. The minimum absolute atomic E-state index is 0. The molecular weight excluding hydrogens is 335 g/mol. The van der Waals surface area contributed by atoms with Crippen LogP contribution in [0.5, 0.6) is 0 Å². The number of carbonyl (C=O) groups excluding carboxylic acids is 4. The molecule has 0 unspecified atom stereocenters. The molecule has 0 saturated heterocycles. The largest absolute Gasteiger partial charge is 3.00 e. The number of hydrogen-bond acceptors (Lipinski definition) is 4. The van der Waals surface area contributed by atoms with Crippen LogP contribution in [0.1, 0.15) is 27.7 Å². The fraction of sp³-hybridized carbons (Fsp3) is 0.400. The molecule has 0 saturated carbocycles. The molecule has 0 fully saturated rings. The molecule has 0 rings (SSSR count). The molecule has 0 aromatic carbocycles. The predicted molar refractivity (Wildman–Crippen MR) is 70.9 cm³/mol. The van der Waals surface area contributed by atoms with Crippen LogP contribution in [-0.4, -0.2) is 52.2 Å². The maximum absolute atomic E-state index is 9.99. The predicted octanol–water partition coefficient (Wildman–Crippen LogP) is -0.153. The van der Waals surface area contributed by atoms with Gasteiger partial charge in [0.2, 0.25) is 23.1 Å². The Kier molecular flexibility index (Phi) is 11.9. The normalized spacial score (nSPS) is 8.19. The van der Waals surface area contributed by atoms with Crippen LogP contribution in [0.2, 0.25) is 0 Å². The van der Waals surface area contributed by atoms with Crippen LogP contribution in [0, 0.1) is 32.3 Å². The molecule has 0 bridgehead atoms. The van der Waals surface area contributed by atoms with Gasteiger partial charge < -0.3 is 19.2 Å². The molecule has 21 heavy (non-hydrogen) atoms. The zero-order chi connectivity index (χ0) is 16.6. The van der Waals surface area contributed by atoms with Crippen LogP contribution in [0.4, 0.5) is 0 Å². The zero-order valence-electron chi connectivity index (χ0n) is 11.6. The Balaban J connectivity index is -0.000000295. The molecule has 0 atom stereocenters. The standard InChI is InChI=1S/2C5H6NO4.Co/c2*1-3(7)5(4(2)8)6(9)10;/h2*1-2H3;/q2*-1;+3/p+4. The van der Waals surface area contributed by atoms with Crippen LogP contribution in [0.25, 0.3) is 0 Å². The first kappa shape index (κ1) is 23.8. The Morgan fingerprint density at radius 1 is 0.714 bits per heavy atom. The van der Waals surface area contributed by atoms with Crippen molar-refractivity contribution in [3.8, 4) is 0 Å². The van der Waals surface area contributed by atoms with E-state index in [4.69, 9.17) is 19.2 Å². The summed E-state index contributed by atoms with van der Waals surface area (Å²) in [6.45, 7) is 4.55. The Labute approximate surface area is 129 Å². The maximum atomic E-state index is 9.99. The zero-order valence-corrected chi connectivity index (χ0v) is 12.7. The summed E-state index contributed by atoms with van der Waals surface area (Å²) in [7, 11) is 0. The molecule has 0 amide bonds. The second kappa shape index (κ2) is 10.5. The van der Waals surface area contributed by atoms with Crippen molar-refractivity contribution in [1.29, 1.82) is 0 Å². The molecule has 0 heterocycles. The van der Waals surface area contributed by atoms with E-state index in [9.17, 15) is 20.2 Å². The van der Waals surface area contributed by atoms with Gasteiger partial charge >= 0.3 is 16.8 Å². The van der Waals surface area contributed by atoms with Crippen molar-refractivity contribution in [1.82, 2.24) is 0 Å². The summed E-state index contributed by atoms with van der Waals surface area (Å²) in [5.74, 6) is -1.98. The van der Waals surface area contributed by atoms with E-state index in [2.05, 4.69) is 0 Å². The smallest absolute Gasteiger partial charge is 0.309 e. The molecule has 0 aliphatic heterocycles. The minimum Gasteiger partial charge on any atom is -0.309 e. The minimum atomic E-state index is -0.843. The van der Waals surface area contributed by atoms with E-state index < -0.39 is 45.1 Å². The summed E-state index contributed by atoms with van der Waals surface area (Å²) in [6, 6.07) is -1.28. The van der Waals surface area contributed by atoms with Crippen molar-refractivity contribution in [3.63, 3.8) is 0 Å². The molecule has 0 aliphatic carbocycles. The van der Waals surface area contributed by atoms with Gasteiger partial charge in [-0.2, -0.15) is 0 Å². The molecule has 11 heteroatoms. The van der Waals surface area contributed by atoms with Crippen LogP contribution in [0.15, 0.2) is 0 Å². The second-order valence-electron chi connectivity index (χ2n) is 3.55. The van der Waals surface area contributed by atoms with Crippen LogP contribution >= 0.6 is 0 Å². The van der Waals surface area contributed by atoms with Gasteiger partial charge in [-0.15, -0.1) is 0 Å². The van der Waals surface area contributed by atoms with Gasteiger partial charge in [-0.3, -0.25) is 20.2 Å². The van der Waals surface area contributed by atoms with Gasteiger partial charge in [-0.05, 0) is 0 Å². The summed E-state index contributed by atoms with van der Waals surface area (Å²) in [5, 5.41) is 20.0. The molecule has 0 aromatic rings. The summed E-state index contributed by atoms with van der Waals surface area (Å²) in [5.41, 5.74) is 0. The van der Waals surface area contributed by atoms with Crippen LogP contribution in [0.3, 0.4) is 0 Å². The third-order valence-corrected chi connectivity index (χ3v) is 1.74. The van der Waals surface area contributed by atoms with Gasteiger partial charge in [0.05, 0.1) is 0 Å². The maximum Gasteiger partial charge on any atom is 3.00 e. The third kappa shape index (κ3) is 9.29. The Hall–Kier alpha value is -2.27. The second-order valence-corrected chi connectivity index (χ2v) is 3.55. The van der Waals surface area contributed by atoms with Crippen molar-refractivity contribution in [2.24, 2.45) is 0 Å². The number of rotatable bonds is 6. The van der Waals surface area contributed by atoms with E-state index in [1.165, 1.54) is 0 Å². The SMILES string of the molecule is CC(=[OH+])[C-](C(C)=[OH+])[N+](=O)[O-].CC(=[OH+])[C-](C(C)=[OH+])[N+](=O)[O-].[Co+3]. The monoisotopic (exact) mass is 351 g/mol. The molecule has 10 nitrogen and oxygen atoms in total. The molecule has 0 spiro atoms. The first-order valence-corrected chi connectivity index (χ1v) is 5.07. The van der Waals surface area contributed by atoms with E-state index >= 15 is 0 Å². The van der Waals surface area contributed by atoms with Crippen molar-refractivity contribution in [3.05, 3.63) is 32.3 Å². The Morgan fingerprint density at radius 2 is 0.857 bits per heavy atom. The average Bonchev–Trinajstić information content (AvgIpc) is 2.12. The van der Waals surface area contributed by atoms with Crippen LogP contribution in [-0.2, 0) is 16.8 Å². The van der Waals surface area contributed by atoms with Crippen molar-refractivity contribution < 1.29 is 45.8 Å². The quantitative estimate of drug-likeness (QED) is 0.213. The molecule has 0 aromatic heterocycles.